The van der Waals surface area contributed by atoms with Gasteiger partial charge in [-0.05, 0) is 24.8 Å². The molecule has 0 amide bonds. The van der Waals surface area contributed by atoms with Crippen LogP contribution in [0.5, 0.6) is 0 Å². The van der Waals surface area contributed by atoms with Crippen LogP contribution in [-0.2, 0) is 4.79 Å². The molecule has 1 rings (SSSR count). The van der Waals surface area contributed by atoms with Crippen molar-refractivity contribution in [3.63, 3.8) is 0 Å². The van der Waals surface area contributed by atoms with Crippen molar-refractivity contribution in [3.8, 4) is 0 Å². The van der Waals surface area contributed by atoms with E-state index in [0.717, 1.165) is 12.2 Å². The van der Waals surface area contributed by atoms with Crippen molar-refractivity contribution in [2.75, 3.05) is 0 Å². The Morgan fingerprint density at radius 3 is 1.88 bits per heavy atom. The van der Waals surface area contributed by atoms with Crippen LogP contribution in [0.3, 0.4) is 0 Å². The molecular weight excluding hydrogens is 196 g/mol. The molecule has 0 unspecified atom stereocenters. The van der Waals surface area contributed by atoms with Crippen LogP contribution in [0, 0.1) is 5.92 Å². The normalized spacial score (nSPS) is 19.5. The minimum atomic E-state index is 0.775. The highest BCUT2D eigenvalue weighted by molar-refractivity contribution is 5.65. The van der Waals surface area contributed by atoms with Crippen LogP contribution in [0.4, 0.5) is 0 Å². The molecule has 1 fully saturated rings. The fourth-order valence-corrected chi connectivity index (χ4v) is 1.91. The lowest BCUT2D eigenvalue weighted by molar-refractivity contribution is -0.104. The summed E-state index contributed by atoms with van der Waals surface area (Å²) in [5.41, 5.74) is 0. The second kappa shape index (κ2) is 8.90. The number of hydrogen-bond acceptors (Lipinski definition) is 1. The molecule has 0 aromatic heterocycles. The molecule has 0 atom stereocenters. The van der Waals surface area contributed by atoms with Crippen molar-refractivity contribution >= 4 is 6.29 Å². The number of aldehydes is 1. The first-order valence-corrected chi connectivity index (χ1v) is 6.05. The molecule has 0 aromatic carbocycles. The molecule has 0 bridgehead atoms. The summed E-state index contributed by atoms with van der Waals surface area (Å²) in [7, 11) is 0. The molecule has 0 radical (unpaired) electrons. The monoisotopic (exact) mass is 216 g/mol. The van der Waals surface area contributed by atoms with Gasteiger partial charge in [-0.25, -0.2) is 0 Å². The SMILES string of the molecule is O=C\C=C/C=C\C=C/C=C\C1CCCCC1. The van der Waals surface area contributed by atoms with E-state index in [1.807, 2.05) is 24.3 Å². The number of allylic oxidation sites excluding steroid dienone is 8. The molecule has 0 aromatic rings. The Morgan fingerprint density at radius 1 is 0.688 bits per heavy atom. The molecule has 0 heterocycles. The van der Waals surface area contributed by atoms with Crippen molar-refractivity contribution in [1.29, 1.82) is 0 Å². The van der Waals surface area contributed by atoms with E-state index in [0.29, 0.717) is 0 Å². The van der Waals surface area contributed by atoms with Crippen LogP contribution in [-0.4, -0.2) is 6.29 Å². The Bertz CT molecular complexity index is 289. The van der Waals surface area contributed by atoms with E-state index in [4.69, 9.17) is 0 Å². The molecule has 0 saturated heterocycles. The summed E-state index contributed by atoms with van der Waals surface area (Å²) in [6.07, 6.45) is 23.1. The zero-order chi connectivity index (χ0) is 11.5. The van der Waals surface area contributed by atoms with Crippen molar-refractivity contribution < 1.29 is 4.79 Å². The van der Waals surface area contributed by atoms with Gasteiger partial charge < -0.3 is 0 Å². The Morgan fingerprint density at radius 2 is 1.25 bits per heavy atom. The van der Waals surface area contributed by atoms with E-state index in [1.54, 1.807) is 6.08 Å². The van der Waals surface area contributed by atoms with E-state index in [9.17, 15) is 4.79 Å². The van der Waals surface area contributed by atoms with Crippen molar-refractivity contribution in [2.24, 2.45) is 5.92 Å². The maximum atomic E-state index is 9.97. The smallest absolute Gasteiger partial charge is 0.142 e. The molecule has 86 valence electrons. The first-order valence-electron chi connectivity index (χ1n) is 6.05. The van der Waals surface area contributed by atoms with Gasteiger partial charge in [0.15, 0.2) is 0 Å². The highest BCUT2D eigenvalue weighted by Crippen LogP contribution is 2.24. The van der Waals surface area contributed by atoms with Crippen molar-refractivity contribution in [3.05, 3.63) is 48.6 Å². The second-order valence-electron chi connectivity index (χ2n) is 4.07. The van der Waals surface area contributed by atoms with Gasteiger partial charge in [0.25, 0.3) is 0 Å². The van der Waals surface area contributed by atoms with E-state index in [-0.39, 0.29) is 0 Å². The van der Waals surface area contributed by atoms with E-state index < -0.39 is 0 Å². The quantitative estimate of drug-likeness (QED) is 0.386. The fourth-order valence-electron chi connectivity index (χ4n) is 1.91. The average Bonchev–Trinajstić information content (AvgIpc) is 2.34. The second-order valence-corrected chi connectivity index (χ2v) is 4.07. The van der Waals surface area contributed by atoms with Crippen molar-refractivity contribution in [1.82, 2.24) is 0 Å². The highest BCUT2D eigenvalue weighted by Gasteiger charge is 2.08. The van der Waals surface area contributed by atoms with Crippen molar-refractivity contribution in [2.45, 2.75) is 32.1 Å². The highest BCUT2D eigenvalue weighted by atomic mass is 16.1. The predicted octanol–water partition coefficient (Wildman–Crippen LogP) is 3.99. The number of carbonyl (C=O) groups is 1. The van der Waals surface area contributed by atoms with E-state index in [1.165, 1.54) is 38.2 Å². The summed E-state index contributed by atoms with van der Waals surface area (Å²) in [4.78, 5) is 9.97. The molecule has 16 heavy (non-hydrogen) atoms. The number of carbonyl (C=O) groups excluding carboxylic acids is 1. The van der Waals surface area contributed by atoms with Gasteiger partial charge >= 0.3 is 0 Å². The summed E-state index contributed by atoms with van der Waals surface area (Å²) >= 11 is 0. The van der Waals surface area contributed by atoms with Crippen LogP contribution in [0.1, 0.15) is 32.1 Å². The molecule has 1 aliphatic carbocycles. The Labute approximate surface area is 98.2 Å². The zero-order valence-corrected chi connectivity index (χ0v) is 9.72. The Hall–Kier alpha value is -1.37. The van der Waals surface area contributed by atoms with E-state index >= 15 is 0 Å². The maximum Gasteiger partial charge on any atom is 0.142 e. The average molecular weight is 216 g/mol. The third-order valence-electron chi connectivity index (χ3n) is 2.78. The van der Waals surface area contributed by atoms with Crippen LogP contribution in [0.2, 0.25) is 0 Å². The predicted molar refractivity (Wildman–Crippen MR) is 69.2 cm³/mol. The third kappa shape index (κ3) is 6.18. The molecule has 1 nitrogen and oxygen atoms in total. The minimum absolute atomic E-state index is 0.775. The molecule has 0 N–H and O–H groups in total. The number of rotatable bonds is 5. The Balaban J connectivity index is 2.19. The maximum absolute atomic E-state index is 9.97. The Kier molecular flexibility index (Phi) is 7.06. The van der Waals surface area contributed by atoms with Gasteiger partial charge in [0.05, 0.1) is 0 Å². The fraction of sp³-hybridized carbons (Fsp3) is 0.400. The molecular formula is C15H20O. The summed E-state index contributed by atoms with van der Waals surface area (Å²) in [5, 5.41) is 0. The lowest BCUT2D eigenvalue weighted by Gasteiger charge is -2.17. The third-order valence-corrected chi connectivity index (χ3v) is 2.78. The summed E-state index contributed by atoms with van der Waals surface area (Å²) in [6, 6.07) is 0. The minimum Gasteiger partial charge on any atom is -0.299 e. The number of hydrogen-bond donors (Lipinski definition) is 0. The standard InChI is InChI=1S/C15H20O/c16-14-10-5-3-1-2-4-7-11-15-12-8-6-9-13-15/h1-5,7,10-11,14-15H,6,8-9,12-13H2/b3-1-,4-2-,10-5-,11-7-. The summed E-state index contributed by atoms with van der Waals surface area (Å²) in [5.74, 6) is 0.789. The topological polar surface area (TPSA) is 17.1 Å². The van der Waals surface area contributed by atoms with Gasteiger partial charge in [-0.15, -0.1) is 0 Å². The molecule has 1 heteroatoms. The van der Waals surface area contributed by atoms with E-state index in [2.05, 4.69) is 12.2 Å². The van der Waals surface area contributed by atoms with Gasteiger partial charge in [0, 0.05) is 0 Å². The van der Waals surface area contributed by atoms with Crippen LogP contribution in [0.25, 0.3) is 0 Å². The van der Waals surface area contributed by atoms with Gasteiger partial charge in [0.2, 0.25) is 0 Å². The molecule has 0 spiro atoms. The summed E-state index contributed by atoms with van der Waals surface area (Å²) in [6.45, 7) is 0. The zero-order valence-electron chi connectivity index (χ0n) is 9.72. The van der Waals surface area contributed by atoms with Crippen LogP contribution >= 0.6 is 0 Å². The van der Waals surface area contributed by atoms with Gasteiger partial charge in [0.1, 0.15) is 6.29 Å². The first kappa shape index (κ1) is 12.7. The van der Waals surface area contributed by atoms with Crippen LogP contribution in [0.15, 0.2) is 48.6 Å². The van der Waals surface area contributed by atoms with Gasteiger partial charge in [-0.3, -0.25) is 4.79 Å². The first-order chi connectivity index (χ1) is 7.93. The van der Waals surface area contributed by atoms with Gasteiger partial charge in [-0.2, -0.15) is 0 Å². The largest absolute Gasteiger partial charge is 0.299 e. The molecule has 1 aliphatic rings. The van der Waals surface area contributed by atoms with Gasteiger partial charge in [-0.1, -0.05) is 61.8 Å². The molecule has 0 aliphatic heterocycles. The summed E-state index contributed by atoms with van der Waals surface area (Å²) < 4.78 is 0. The van der Waals surface area contributed by atoms with Crippen LogP contribution < -0.4 is 0 Å². The molecule has 1 saturated carbocycles. The lowest BCUT2D eigenvalue weighted by Crippen LogP contribution is -2.02. The lowest BCUT2D eigenvalue weighted by atomic mass is 9.89.